The minimum absolute atomic E-state index is 0.554. The summed E-state index contributed by atoms with van der Waals surface area (Å²) < 4.78 is 25.0. The first-order valence-electron chi connectivity index (χ1n) is 7.61. The van der Waals surface area contributed by atoms with E-state index in [9.17, 15) is 24.3 Å². The molecule has 0 radical (unpaired) electrons. The van der Waals surface area contributed by atoms with Crippen LogP contribution in [0.3, 0.4) is 0 Å². The number of nitrogens with zero attached hydrogens (tertiary/aromatic N) is 3. The average molecular weight is 389 g/mol. The summed E-state index contributed by atoms with van der Waals surface area (Å²) in [4.78, 5) is 47.9. The van der Waals surface area contributed by atoms with Crippen molar-refractivity contribution in [1.29, 1.82) is 0 Å². The van der Waals surface area contributed by atoms with Crippen LogP contribution in [0.5, 0.6) is 0 Å². The summed E-state index contributed by atoms with van der Waals surface area (Å²) in [5.41, 5.74) is 8.72. The van der Waals surface area contributed by atoms with Gasteiger partial charge in [-0.2, -0.15) is 0 Å². The number of rotatable bonds is 6. The van der Waals surface area contributed by atoms with Gasteiger partial charge < -0.3 is 28.8 Å². The summed E-state index contributed by atoms with van der Waals surface area (Å²) in [5.74, 6) is -6.21. The molecule has 0 saturated carbocycles. The van der Waals surface area contributed by atoms with Gasteiger partial charge in [0.25, 0.3) is 5.91 Å². The molecule has 0 aromatic rings. The molecule has 13 heteroatoms. The number of carbonyl (C=O) groups is 4. The SMILES string of the molecule is CC(=O)OCC1O[C@](O)(N=[N+]=[N-])C(OC(C)=O)C(OC(C)=O)C1OC(C)=O. The van der Waals surface area contributed by atoms with Crippen molar-refractivity contribution in [2.45, 2.75) is 58.0 Å². The van der Waals surface area contributed by atoms with E-state index in [0.717, 1.165) is 27.7 Å². The zero-order chi connectivity index (χ0) is 20.8. The molecule has 1 aliphatic rings. The van der Waals surface area contributed by atoms with Crippen LogP contribution in [-0.2, 0) is 42.9 Å². The molecule has 0 aromatic carbocycles. The Hall–Kier alpha value is -2.89. The lowest BCUT2D eigenvalue weighted by Crippen LogP contribution is -2.67. The molecule has 1 N–H and O–H groups in total. The van der Waals surface area contributed by atoms with E-state index in [4.69, 9.17) is 29.2 Å². The van der Waals surface area contributed by atoms with Gasteiger partial charge in [0.2, 0.25) is 6.10 Å². The zero-order valence-corrected chi connectivity index (χ0v) is 15.0. The monoisotopic (exact) mass is 389 g/mol. The number of esters is 4. The molecule has 4 unspecified atom stereocenters. The third kappa shape index (κ3) is 6.09. The fourth-order valence-corrected chi connectivity index (χ4v) is 2.41. The van der Waals surface area contributed by atoms with E-state index in [1.165, 1.54) is 0 Å². The van der Waals surface area contributed by atoms with Crippen LogP contribution in [0.15, 0.2) is 5.11 Å². The highest BCUT2D eigenvalue weighted by Gasteiger charge is 2.59. The van der Waals surface area contributed by atoms with Crippen molar-refractivity contribution in [1.82, 2.24) is 0 Å². The molecule has 1 rings (SSSR count). The second-order valence-electron chi connectivity index (χ2n) is 5.49. The molecule has 1 aliphatic heterocycles. The quantitative estimate of drug-likeness (QED) is 0.208. The van der Waals surface area contributed by atoms with Crippen LogP contribution >= 0.6 is 0 Å². The fourth-order valence-electron chi connectivity index (χ4n) is 2.41. The lowest BCUT2D eigenvalue weighted by molar-refractivity contribution is -0.349. The predicted molar refractivity (Wildman–Crippen MR) is 82.3 cm³/mol. The summed E-state index contributed by atoms with van der Waals surface area (Å²) in [7, 11) is 0. The third-order valence-electron chi connectivity index (χ3n) is 3.22. The van der Waals surface area contributed by atoms with E-state index in [1.54, 1.807) is 0 Å². The van der Waals surface area contributed by atoms with Gasteiger partial charge in [-0.3, -0.25) is 19.2 Å². The van der Waals surface area contributed by atoms with Gasteiger partial charge in [0, 0.05) is 32.6 Å². The summed E-state index contributed by atoms with van der Waals surface area (Å²) >= 11 is 0. The van der Waals surface area contributed by atoms with Gasteiger partial charge in [-0.15, -0.1) is 0 Å². The highest BCUT2D eigenvalue weighted by molar-refractivity contribution is 5.68. The van der Waals surface area contributed by atoms with E-state index >= 15 is 0 Å². The summed E-state index contributed by atoms with van der Waals surface area (Å²) in [5, 5.41) is 13.6. The van der Waals surface area contributed by atoms with Crippen LogP contribution in [-0.4, -0.2) is 65.9 Å². The second-order valence-corrected chi connectivity index (χ2v) is 5.49. The first-order chi connectivity index (χ1) is 12.5. The maximum atomic E-state index is 11.5. The number of hydrogen-bond acceptors (Lipinski definition) is 11. The molecule has 0 spiro atoms. The van der Waals surface area contributed by atoms with Gasteiger partial charge in [0.15, 0.2) is 12.2 Å². The van der Waals surface area contributed by atoms with E-state index in [1.807, 2.05) is 0 Å². The first-order valence-corrected chi connectivity index (χ1v) is 7.61. The Bertz CT molecular complexity index is 662. The van der Waals surface area contributed by atoms with Gasteiger partial charge in [0.1, 0.15) is 12.7 Å². The van der Waals surface area contributed by atoms with Gasteiger partial charge in [-0.05, 0) is 10.6 Å². The van der Waals surface area contributed by atoms with Crippen LogP contribution in [0.1, 0.15) is 27.7 Å². The minimum Gasteiger partial charge on any atom is -0.463 e. The van der Waals surface area contributed by atoms with Gasteiger partial charge in [0.05, 0.1) is 0 Å². The molecule has 1 heterocycles. The highest BCUT2D eigenvalue weighted by atomic mass is 16.7. The van der Waals surface area contributed by atoms with Crippen LogP contribution in [0, 0.1) is 0 Å². The predicted octanol–water partition coefficient (Wildman–Crippen LogP) is -0.300. The fraction of sp³-hybridized carbons (Fsp3) is 0.714. The van der Waals surface area contributed by atoms with Gasteiger partial charge >= 0.3 is 23.9 Å². The van der Waals surface area contributed by atoms with Crippen molar-refractivity contribution in [3.8, 4) is 0 Å². The molecule has 0 amide bonds. The zero-order valence-electron chi connectivity index (χ0n) is 15.0. The maximum absolute atomic E-state index is 11.5. The molecule has 0 aromatic heterocycles. The Morgan fingerprint density at radius 2 is 1.52 bits per heavy atom. The standard InChI is InChI=1S/C14H19N3O10/c1-6(18)23-5-10-11(24-7(2)19)12(25-8(3)20)13(26-9(4)21)14(22,27-10)16-17-15/h10-13,22H,5H2,1-4H3/t10?,11?,12?,13?,14-/m0/s1. The molecule has 1 saturated heterocycles. The largest absolute Gasteiger partial charge is 0.463 e. The topological polar surface area (TPSA) is 183 Å². The van der Waals surface area contributed by atoms with E-state index < -0.39 is 60.8 Å². The number of ether oxygens (including phenoxy) is 5. The summed E-state index contributed by atoms with van der Waals surface area (Å²) in [6, 6.07) is 0. The van der Waals surface area contributed by atoms with Crippen molar-refractivity contribution >= 4 is 23.9 Å². The molecular weight excluding hydrogens is 370 g/mol. The number of aliphatic hydroxyl groups is 1. The van der Waals surface area contributed by atoms with Crippen LogP contribution in [0.2, 0.25) is 0 Å². The van der Waals surface area contributed by atoms with Crippen molar-refractivity contribution < 1.29 is 48.0 Å². The van der Waals surface area contributed by atoms with Gasteiger partial charge in [-0.1, -0.05) is 0 Å². The third-order valence-corrected chi connectivity index (χ3v) is 3.22. The molecule has 150 valence electrons. The van der Waals surface area contributed by atoms with Crippen LogP contribution in [0.25, 0.3) is 10.4 Å². The molecule has 5 atom stereocenters. The number of hydrogen-bond donors (Lipinski definition) is 1. The van der Waals surface area contributed by atoms with Crippen molar-refractivity contribution in [3.63, 3.8) is 0 Å². The van der Waals surface area contributed by atoms with E-state index in [0.29, 0.717) is 0 Å². The minimum atomic E-state index is -2.83. The van der Waals surface area contributed by atoms with Crippen molar-refractivity contribution in [2.75, 3.05) is 6.61 Å². The molecule has 27 heavy (non-hydrogen) atoms. The lowest BCUT2D eigenvalue weighted by Gasteiger charge is -2.46. The van der Waals surface area contributed by atoms with Gasteiger partial charge in [-0.25, -0.2) is 0 Å². The first kappa shape index (κ1) is 22.2. The highest BCUT2D eigenvalue weighted by Crippen LogP contribution is 2.35. The summed E-state index contributed by atoms with van der Waals surface area (Å²) in [6.45, 7) is 3.57. The second kappa shape index (κ2) is 9.16. The maximum Gasteiger partial charge on any atom is 0.303 e. The molecular formula is C14H19N3O10. The smallest absolute Gasteiger partial charge is 0.303 e. The van der Waals surface area contributed by atoms with Crippen LogP contribution < -0.4 is 0 Å². The molecule has 0 bridgehead atoms. The Labute approximate surface area is 153 Å². The Kier molecular flexibility index (Phi) is 7.52. The Morgan fingerprint density at radius 1 is 1.00 bits per heavy atom. The molecule has 13 nitrogen and oxygen atoms in total. The lowest BCUT2D eigenvalue weighted by atomic mass is 9.95. The Morgan fingerprint density at radius 3 is 1.96 bits per heavy atom. The normalized spacial score (nSPS) is 29.7. The number of carbonyl (C=O) groups excluding carboxylic acids is 4. The average Bonchev–Trinajstić information content (AvgIpc) is 2.51. The van der Waals surface area contributed by atoms with Crippen LogP contribution in [0.4, 0.5) is 0 Å². The molecule has 1 fully saturated rings. The Balaban J connectivity index is 3.43. The van der Waals surface area contributed by atoms with Crippen molar-refractivity contribution in [2.24, 2.45) is 5.11 Å². The van der Waals surface area contributed by atoms with Crippen molar-refractivity contribution in [3.05, 3.63) is 10.4 Å². The van der Waals surface area contributed by atoms with E-state index in [-0.39, 0.29) is 0 Å². The van der Waals surface area contributed by atoms with E-state index in [2.05, 4.69) is 10.0 Å². The molecule has 0 aliphatic carbocycles. The summed E-state index contributed by atoms with van der Waals surface area (Å²) in [6.07, 6.45) is -6.36. The number of azide groups is 1.